The van der Waals surface area contributed by atoms with E-state index in [0.717, 1.165) is 0 Å². The van der Waals surface area contributed by atoms with Gasteiger partial charge < -0.3 is 82.3 Å². The van der Waals surface area contributed by atoms with Gasteiger partial charge in [0.25, 0.3) is 20.0 Å². The Morgan fingerprint density at radius 3 is 1.09 bits per heavy atom. The predicted octanol–water partition coefficient (Wildman–Crippen LogP) is -0.862. The van der Waals surface area contributed by atoms with Crippen LogP contribution in [-0.4, -0.2) is 155 Å². The van der Waals surface area contributed by atoms with E-state index < -0.39 is 155 Å². The molecule has 0 saturated carbocycles. The Labute approximate surface area is 346 Å². The summed E-state index contributed by atoms with van der Waals surface area (Å²) < 4.78 is 138. The van der Waals surface area contributed by atoms with Crippen molar-refractivity contribution < 1.29 is 82.3 Å². The van der Waals surface area contributed by atoms with Crippen molar-refractivity contribution in [3.05, 3.63) is 0 Å². The lowest BCUT2D eigenvalue weighted by Gasteiger charge is -2.56. The molecule has 37 heteroatoms. The van der Waals surface area contributed by atoms with E-state index in [-0.39, 0.29) is 0 Å². The average Bonchev–Trinajstić information content (AvgIpc) is 2.85. The molecule has 7 atom stereocenters. The normalized spacial score (nSPS) is 38.4. The molecule has 4 saturated heterocycles. The molecule has 318 valence electrons. The Balaban J connectivity index is 2.20. The molecule has 0 spiro atoms. The average molecular weight is 1060 g/mol. The fourth-order valence-corrected chi connectivity index (χ4v) is 63.6. The third-order valence-corrected chi connectivity index (χ3v) is 54.6. The molecule has 4 rings (SSSR count). The third-order valence-electron chi connectivity index (χ3n) is 6.07. The molecule has 4 aliphatic rings. The van der Waals surface area contributed by atoms with Crippen molar-refractivity contribution in [3.63, 3.8) is 0 Å². The van der Waals surface area contributed by atoms with Crippen LogP contribution in [0.4, 0.5) is 0 Å². The lowest BCUT2D eigenvalue weighted by atomic mass is 11.8. The second-order valence-corrected chi connectivity index (χ2v) is 60.5. The van der Waals surface area contributed by atoms with E-state index in [1.807, 2.05) is 111 Å². The zero-order valence-corrected chi connectivity index (χ0v) is 53.5. The van der Waals surface area contributed by atoms with E-state index in [0.29, 0.717) is 0 Å². The monoisotopic (exact) mass is 1060 g/mol. The van der Waals surface area contributed by atoms with Crippen molar-refractivity contribution in [1.82, 2.24) is 0 Å². The smallest absolute Gasteiger partial charge is 0.444 e. The first-order valence-electron chi connectivity index (χ1n) is 18.3. The molecule has 4 aliphatic heterocycles. The van der Waals surface area contributed by atoms with Crippen molar-refractivity contribution in [2.75, 3.05) is 0 Å². The van der Waals surface area contributed by atoms with Gasteiger partial charge in [0.05, 0.1) is 0 Å². The lowest BCUT2D eigenvalue weighted by molar-refractivity contribution is -0.0938. The summed E-state index contributed by atoms with van der Waals surface area (Å²) in [6.45, 7) is 33.3. The van der Waals surface area contributed by atoms with Crippen molar-refractivity contribution in [2.45, 2.75) is 111 Å². The molecule has 54 heavy (non-hydrogen) atoms. The lowest BCUT2D eigenvalue weighted by Crippen LogP contribution is -2.87. The second kappa shape index (κ2) is 19.1. The van der Waals surface area contributed by atoms with Crippen LogP contribution in [0.25, 0.3) is 0 Å². The molecule has 4 fully saturated rings. The molecule has 0 radical (unpaired) electrons. The first-order valence-corrected chi connectivity index (χ1v) is 54.9. The van der Waals surface area contributed by atoms with Crippen LogP contribution in [0.1, 0.15) is 0 Å². The van der Waals surface area contributed by atoms with Gasteiger partial charge in [-0.05, 0) is 111 Å². The zero-order chi connectivity index (χ0) is 40.6. The van der Waals surface area contributed by atoms with Gasteiger partial charge in [-0.15, -0.1) is 0 Å². The minimum absolute atomic E-state index is 1.57. The van der Waals surface area contributed by atoms with Crippen molar-refractivity contribution in [2.24, 2.45) is 0 Å². The quantitative estimate of drug-likeness (QED) is 0.154. The van der Waals surface area contributed by atoms with Gasteiger partial charge in [-0.25, -0.2) is 0 Å². The van der Waals surface area contributed by atoms with E-state index in [4.69, 9.17) is 82.3 Å². The molecule has 0 amide bonds. The number of rotatable bonds is 18. The van der Waals surface area contributed by atoms with E-state index in [2.05, 4.69) is 0 Å². The molecule has 6 bridgehead atoms. The topological polar surface area (TPSA) is 185 Å². The maximum atomic E-state index is 7.18. The van der Waals surface area contributed by atoms with Gasteiger partial charge in [-0.2, -0.15) is 0 Å². The van der Waals surface area contributed by atoms with Crippen LogP contribution >= 0.6 is 0 Å². The largest absolute Gasteiger partial charge is 0.651 e. The Kier molecular flexibility index (Phi) is 17.5. The van der Waals surface area contributed by atoms with Crippen molar-refractivity contribution in [3.8, 4) is 0 Å². The molecular formula is C17H62O20Si17. The highest BCUT2D eigenvalue weighted by Crippen LogP contribution is 2.46. The fraction of sp³-hybridized carbons (Fsp3) is 1.00. The van der Waals surface area contributed by atoms with Crippen LogP contribution in [0, 0.1) is 0 Å². The molecular weight excluding hydrogens is 1000 g/mol. The van der Waals surface area contributed by atoms with Crippen LogP contribution in [0.3, 0.4) is 0 Å². The van der Waals surface area contributed by atoms with Crippen LogP contribution in [0.15, 0.2) is 0 Å². The summed E-state index contributed by atoms with van der Waals surface area (Å²) in [6, 6.07) is 0. The molecule has 7 unspecified atom stereocenters. The highest BCUT2D eigenvalue weighted by atomic mass is 28.7. The predicted molar refractivity (Wildman–Crippen MR) is 235 cm³/mol. The maximum absolute atomic E-state index is 7.18. The molecule has 20 nitrogen and oxygen atoms in total. The van der Waals surface area contributed by atoms with Crippen LogP contribution in [0.2, 0.25) is 111 Å². The van der Waals surface area contributed by atoms with E-state index >= 15 is 0 Å². The molecule has 0 aromatic heterocycles. The van der Waals surface area contributed by atoms with Crippen LogP contribution in [-0.2, 0) is 82.3 Å². The van der Waals surface area contributed by atoms with Crippen molar-refractivity contribution in [1.29, 1.82) is 0 Å². The molecule has 4 heterocycles. The maximum Gasteiger partial charge on any atom is 0.651 e. The van der Waals surface area contributed by atoms with Gasteiger partial charge >= 0.3 is 63.3 Å². The minimum atomic E-state index is -4.85. The van der Waals surface area contributed by atoms with Crippen LogP contribution < -0.4 is 0 Å². The van der Waals surface area contributed by atoms with Crippen molar-refractivity contribution >= 4 is 155 Å². The summed E-state index contributed by atoms with van der Waals surface area (Å²) in [4.78, 5) is 0. The standard InChI is InChI=1S/C17H62O20Si17/c1-40(2)18-38-19-48(22-41(3)4)29-51(25-44(9)10)30-49(23-42(5)6)20-39-21-50(24-43(7)8)32-52(31-49,26-45(11)12)36-53(35-51,27-46(13)14)37-54(33-48,34-50)28-47(15,16)17/h40-46H,38-39H2,1-17H3. The zero-order valence-electron chi connectivity index (χ0n) is 34.6. The molecule has 0 N–H and O–H groups in total. The number of fused-ring (bicyclic) bond motifs is 4. The SMILES string of the molecule is C[SiH](C)O[SiH2]O[Si]1(O[SiH](C)C)O[Si]2(O[SiH](C)C)O[Si]3(O[SiH](C)C)O[SiH2]O[Si]4(O[SiH](C)C)O[Si](O[SiH](C)C)(O3)O[Si](O[SiH](C)C)(O2)O[Si](O[Si](C)(C)C)(O1)O4. The van der Waals surface area contributed by atoms with Crippen LogP contribution in [0.5, 0.6) is 0 Å². The van der Waals surface area contributed by atoms with Gasteiger partial charge in [0.1, 0.15) is 0 Å². The highest BCUT2D eigenvalue weighted by molar-refractivity contribution is 6.99. The summed E-state index contributed by atoms with van der Waals surface area (Å²) in [5, 5.41) is 0. The van der Waals surface area contributed by atoms with E-state index in [9.17, 15) is 0 Å². The summed E-state index contributed by atoms with van der Waals surface area (Å²) in [5.41, 5.74) is 0. The van der Waals surface area contributed by atoms with Gasteiger partial charge in [0.15, 0.2) is 71.6 Å². The molecule has 0 aliphatic carbocycles. The summed E-state index contributed by atoms with van der Waals surface area (Å²) in [5.74, 6) is 0. The van der Waals surface area contributed by atoms with Gasteiger partial charge in [-0.3, -0.25) is 0 Å². The van der Waals surface area contributed by atoms with Gasteiger partial charge in [0, 0.05) is 0 Å². The van der Waals surface area contributed by atoms with Gasteiger partial charge in [-0.1, -0.05) is 0 Å². The summed E-state index contributed by atoms with van der Waals surface area (Å²) in [7, 11) is -53.9. The second-order valence-electron chi connectivity index (χ2n) is 15.5. The summed E-state index contributed by atoms with van der Waals surface area (Å²) in [6.07, 6.45) is 0. The Morgan fingerprint density at radius 2 is 0.722 bits per heavy atom. The first kappa shape index (κ1) is 49.5. The Hall–Kier alpha value is 2.89. The van der Waals surface area contributed by atoms with Gasteiger partial charge in [0.2, 0.25) is 0 Å². The molecule has 0 aromatic carbocycles. The summed E-state index contributed by atoms with van der Waals surface area (Å²) >= 11 is 0. The minimum Gasteiger partial charge on any atom is -0.444 e. The number of hydrogen-bond acceptors (Lipinski definition) is 20. The molecule has 0 aromatic rings. The first-order chi connectivity index (χ1) is 24.7. The fourth-order valence-electron chi connectivity index (χ4n) is 4.92. The number of hydrogen-bond donors (Lipinski definition) is 0. The third kappa shape index (κ3) is 13.7. The highest BCUT2D eigenvalue weighted by Gasteiger charge is 2.86. The van der Waals surface area contributed by atoms with E-state index in [1.165, 1.54) is 0 Å². The van der Waals surface area contributed by atoms with E-state index in [1.54, 1.807) is 0 Å². The Morgan fingerprint density at radius 1 is 0.407 bits per heavy atom. The Bertz CT molecular complexity index is 1250.